The molecule has 22 heavy (non-hydrogen) atoms. The second-order valence-electron chi connectivity index (χ2n) is 5.75. The molecule has 0 heterocycles. The molecule has 112 valence electrons. The van der Waals surface area contributed by atoms with E-state index in [0.717, 1.165) is 12.8 Å². The highest BCUT2D eigenvalue weighted by atomic mass is 16.3. The molecular formula is C19H20N2O. The molecule has 0 aromatic heterocycles. The molecule has 3 heteroatoms. The third kappa shape index (κ3) is 2.93. The van der Waals surface area contributed by atoms with Gasteiger partial charge in [-0.05, 0) is 35.1 Å². The van der Waals surface area contributed by atoms with Crippen LogP contribution in [0, 0.1) is 4.91 Å². The number of hydrogen-bond donors (Lipinski definition) is 0. The van der Waals surface area contributed by atoms with Crippen molar-refractivity contribution < 1.29 is 0 Å². The van der Waals surface area contributed by atoms with Gasteiger partial charge in [0, 0.05) is 19.5 Å². The largest absolute Gasteiger partial charge is 0.264 e. The minimum Gasteiger partial charge on any atom is -0.264 e. The lowest BCUT2D eigenvalue weighted by molar-refractivity contribution is 0.336. The van der Waals surface area contributed by atoms with E-state index in [0.29, 0.717) is 12.5 Å². The number of benzene rings is 2. The molecule has 0 atom stereocenters. The van der Waals surface area contributed by atoms with Crippen LogP contribution in [-0.4, -0.2) is 18.6 Å². The second kappa shape index (κ2) is 6.56. The molecule has 0 spiro atoms. The quantitative estimate of drug-likeness (QED) is 0.591. The Balaban J connectivity index is 1.93. The van der Waals surface area contributed by atoms with Crippen LogP contribution in [0.1, 0.15) is 41.0 Å². The molecule has 0 N–H and O–H groups in total. The second-order valence-corrected chi connectivity index (χ2v) is 5.75. The Morgan fingerprint density at radius 3 is 2.05 bits per heavy atom. The molecule has 1 aliphatic rings. The van der Waals surface area contributed by atoms with Crippen molar-refractivity contribution in [2.24, 2.45) is 5.29 Å². The lowest BCUT2D eigenvalue weighted by Crippen LogP contribution is -2.13. The Morgan fingerprint density at radius 1 is 0.955 bits per heavy atom. The van der Waals surface area contributed by atoms with Crippen molar-refractivity contribution in [3.63, 3.8) is 0 Å². The molecule has 2 aromatic rings. The van der Waals surface area contributed by atoms with Crippen molar-refractivity contribution in [3.8, 4) is 0 Å². The highest BCUT2D eigenvalue weighted by molar-refractivity contribution is 5.76. The Bertz CT molecular complexity index is 644. The van der Waals surface area contributed by atoms with E-state index in [2.05, 4.69) is 66.0 Å². The zero-order chi connectivity index (χ0) is 15.4. The van der Waals surface area contributed by atoms with Crippen LogP contribution in [-0.2, 0) is 0 Å². The summed E-state index contributed by atoms with van der Waals surface area (Å²) < 4.78 is 0. The zero-order valence-corrected chi connectivity index (χ0v) is 12.8. The van der Waals surface area contributed by atoms with Crippen LogP contribution in [0.25, 0.3) is 12.2 Å². The Kier molecular flexibility index (Phi) is 4.33. The fourth-order valence-corrected chi connectivity index (χ4v) is 3.18. The van der Waals surface area contributed by atoms with E-state index in [1.54, 1.807) is 7.05 Å². The van der Waals surface area contributed by atoms with E-state index >= 15 is 0 Å². The first-order chi connectivity index (χ1) is 10.8. The Morgan fingerprint density at radius 2 is 1.50 bits per heavy atom. The molecule has 0 aliphatic heterocycles. The zero-order valence-electron chi connectivity index (χ0n) is 12.8. The summed E-state index contributed by atoms with van der Waals surface area (Å²) in [5.74, 6) is 0.363. The monoisotopic (exact) mass is 292 g/mol. The SMILES string of the molecule is CN(CCCC1c2ccccc2C=Cc2ccccc21)N=O. The minimum absolute atomic E-state index is 0.363. The summed E-state index contributed by atoms with van der Waals surface area (Å²) in [6.45, 7) is 0.692. The average Bonchev–Trinajstić information content (AvgIpc) is 2.72. The number of rotatable bonds is 5. The predicted octanol–water partition coefficient (Wildman–Crippen LogP) is 4.70. The van der Waals surface area contributed by atoms with Crippen molar-refractivity contribution >= 4 is 12.2 Å². The van der Waals surface area contributed by atoms with Gasteiger partial charge in [0.15, 0.2) is 0 Å². The summed E-state index contributed by atoms with van der Waals surface area (Å²) in [6, 6.07) is 17.1. The van der Waals surface area contributed by atoms with Crippen LogP contribution in [0.15, 0.2) is 53.8 Å². The van der Waals surface area contributed by atoms with E-state index in [1.165, 1.54) is 27.3 Å². The number of nitroso groups, excluding NO2 is 1. The van der Waals surface area contributed by atoms with E-state index in [-0.39, 0.29) is 0 Å². The van der Waals surface area contributed by atoms with Crippen LogP contribution < -0.4 is 0 Å². The molecule has 2 aromatic carbocycles. The van der Waals surface area contributed by atoms with Crippen molar-refractivity contribution in [2.45, 2.75) is 18.8 Å². The van der Waals surface area contributed by atoms with E-state index in [4.69, 9.17) is 0 Å². The molecule has 0 bridgehead atoms. The first-order valence-electron chi connectivity index (χ1n) is 7.70. The third-order valence-electron chi connectivity index (χ3n) is 4.30. The van der Waals surface area contributed by atoms with E-state index in [9.17, 15) is 4.91 Å². The number of hydrogen-bond acceptors (Lipinski definition) is 2. The first-order valence-corrected chi connectivity index (χ1v) is 7.70. The van der Waals surface area contributed by atoms with Gasteiger partial charge in [-0.1, -0.05) is 60.7 Å². The number of fused-ring (bicyclic) bond motifs is 2. The smallest absolute Gasteiger partial charge is 0.0521 e. The van der Waals surface area contributed by atoms with Crippen molar-refractivity contribution in [2.75, 3.05) is 13.6 Å². The van der Waals surface area contributed by atoms with Crippen LogP contribution in [0.5, 0.6) is 0 Å². The molecule has 0 saturated heterocycles. The van der Waals surface area contributed by atoms with Gasteiger partial charge < -0.3 is 0 Å². The van der Waals surface area contributed by atoms with Gasteiger partial charge in [-0.2, -0.15) is 0 Å². The molecular weight excluding hydrogens is 272 g/mol. The Hall–Kier alpha value is -2.42. The van der Waals surface area contributed by atoms with Gasteiger partial charge in [-0.3, -0.25) is 5.01 Å². The fraction of sp³-hybridized carbons (Fsp3) is 0.263. The highest BCUT2D eigenvalue weighted by Crippen LogP contribution is 2.37. The maximum absolute atomic E-state index is 10.5. The van der Waals surface area contributed by atoms with Crippen LogP contribution in [0.3, 0.4) is 0 Å². The van der Waals surface area contributed by atoms with Gasteiger partial charge in [0.1, 0.15) is 0 Å². The van der Waals surface area contributed by atoms with Gasteiger partial charge >= 0.3 is 0 Å². The fourth-order valence-electron chi connectivity index (χ4n) is 3.18. The molecule has 0 saturated carbocycles. The van der Waals surface area contributed by atoms with Crippen LogP contribution in [0.4, 0.5) is 0 Å². The molecule has 1 aliphatic carbocycles. The molecule has 0 radical (unpaired) electrons. The highest BCUT2D eigenvalue weighted by Gasteiger charge is 2.20. The standard InChI is InChI=1S/C19H20N2O/c1-21(20-22)14-6-11-19-17-9-4-2-7-15(17)12-13-16-8-3-5-10-18(16)19/h2-5,7-10,12-13,19H,6,11,14H2,1H3. The lowest BCUT2D eigenvalue weighted by Gasteiger charge is -2.21. The summed E-state index contributed by atoms with van der Waals surface area (Å²) in [7, 11) is 1.73. The van der Waals surface area contributed by atoms with Gasteiger partial charge in [0.25, 0.3) is 0 Å². The molecule has 0 amide bonds. The topological polar surface area (TPSA) is 32.7 Å². The molecule has 0 fully saturated rings. The summed E-state index contributed by atoms with van der Waals surface area (Å²) in [5.41, 5.74) is 5.30. The minimum atomic E-state index is 0.363. The third-order valence-corrected chi connectivity index (χ3v) is 4.30. The van der Waals surface area contributed by atoms with E-state index < -0.39 is 0 Å². The van der Waals surface area contributed by atoms with Crippen molar-refractivity contribution in [1.82, 2.24) is 5.01 Å². The van der Waals surface area contributed by atoms with Gasteiger partial charge in [0.2, 0.25) is 0 Å². The van der Waals surface area contributed by atoms with Crippen molar-refractivity contribution in [1.29, 1.82) is 0 Å². The van der Waals surface area contributed by atoms with Gasteiger partial charge in [-0.25, -0.2) is 0 Å². The molecule has 0 unspecified atom stereocenters. The average molecular weight is 292 g/mol. The van der Waals surface area contributed by atoms with E-state index in [1.807, 2.05) is 0 Å². The Labute approximate surface area is 131 Å². The normalized spacial score (nSPS) is 13.1. The van der Waals surface area contributed by atoms with Gasteiger partial charge in [-0.15, -0.1) is 4.91 Å². The number of nitrogens with zero attached hydrogens (tertiary/aromatic N) is 2. The molecule has 3 nitrogen and oxygen atoms in total. The predicted molar refractivity (Wildman–Crippen MR) is 91.3 cm³/mol. The summed E-state index contributed by atoms with van der Waals surface area (Å²) in [4.78, 5) is 10.5. The summed E-state index contributed by atoms with van der Waals surface area (Å²) in [6.07, 6.45) is 6.35. The summed E-state index contributed by atoms with van der Waals surface area (Å²) >= 11 is 0. The first kappa shape index (κ1) is 14.5. The van der Waals surface area contributed by atoms with Crippen LogP contribution in [0.2, 0.25) is 0 Å². The summed E-state index contributed by atoms with van der Waals surface area (Å²) in [5, 5.41) is 4.41. The molecule has 3 rings (SSSR count). The lowest BCUT2D eigenvalue weighted by atomic mass is 9.84. The van der Waals surface area contributed by atoms with Crippen molar-refractivity contribution in [3.05, 3.63) is 75.7 Å². The maximum Gasteiger partial charge on any atom is 0.0521 e. The maximum atomic E-state index is 10.5. The van der Waals surface area contributed by atoms with Gasteiger partial charge in [0.05, 0.1) is 5.29 Å². The van der Waals surface area contributed by atoms with Crippen LogP contribution >= 0.6 is 0 Å².